The normalized spacial score (nSPS) is 18.4. The zero-order valence-electron chi connectivity index (χ0n) is 16.5. The van der Waals surface area contributed by atoms with E-state index in [1.807, 2.05) is 34.8 Å². The van der Waals surface area contributed by atoms with Gasteiger partial charge in [-0.25, -0.2) is 15.0 Å². The van der Waals surface area contributed by atoms with Gasteiger partial charge in [0.25, 0.3) is 5.91 Å². The van der Waals surface area contributed by atoms with Gasteiger partial charge in [0, 0.05) is 63.5 Å². The third-order valence-corrected chi connectivity index (χ3v) is 6.16. The monoisotopic (exact) mass is 392 g/mol. The summed E-state index contributed by atoms with van der Waals surface area (Å²) < 4.78 is 7.44. The van der Waals surface area contributed by atoms with Crippen molar-refractivity contribution in [2.75, 3.05) is 31.6 Å². The summed E-state index contributed by atoms with van der Waals surface area (Å²) in [6.45, 7) is 3.20. The zero-order chi connectivity index (χ0) is 19.8. The topological polar surface area (TPSA) is 85.2 Å². The number of amides is 1. The van der Waals surface area contributed by atoms with E-state index in [0.717, 1.165) is 62.3 Å². The van der Waals surface area contributed by atoms with Gasteiger partial charge in [0.05, 0.1) is 11.3 Å². The van der Waals surface area contributed by atoms with Crippen molar-refractivity contribution in [1.29, 1.82) is 0 Å². The van der Waals surface area contributed by atoms with Crippen molar-refractivity contribution < 1.29 is 9.53 Å². The van der Waals surface area contributed by atoms with E-state index in [0.29, 0.717) is 11.5 Å². The lowest BCUT2D eigenvalue weighted by Crippen LogP contribution is -2.35. The third kappa shape index (κ3) is 3.33. The molecule has 2 fully saturated rings. The number of ether oxygens (including phenoxy) is 1. The fraction of sp³-hybridized carbons (Fsp3) is 0.429. The molecule has 0 aliphatic carbocycles. The minimum Gasteiger partial charge on any atom is -0.381 e. The van der Waals surface area contributed by atoms with Crippen LogP contribution in [-0.4, -0.2) is 56.6 Å². The summed E-state index contributed by atoms with van der Waals surface area (Å²) in [5.41, 5.74) is 2.53. The summed E-state index contributed by atoms with van der Waals surface area (Å²) in [5, 5.41) is 4.23. The first-order valence-electron chi connectivity index (χ1n) is 10.00. The number of carbonyl (C=O) groups excluding carboxylic acids is 1. The van der Waals surface area contributed by atoms with Gasteiger partial charge in [0.15, 0.2) is 0 Å². The molecule has 0 aromatic carbocycles. The fourth-order valence-corrected chi connectivity index (χ4v) is 4.44. The average molecular weight is 392 g/mol. The van der Waals surface area contributed by atoms with Crippen molar-refractivity contribution in [2.24, 2.45) is 12.5 Å². The highest BCUT2D eigenvalue weighted by Gasteiger charge is 2.41. The Morgan fingerprint density at radius 1 is 1.17 bits per heavy atom. The summed E-state index contributed by atoms with van der Waals surface area (Å²) in [5.74, 6) is 0.467. The molecule has 8 heteroatoms. The molecule has 0 saturated carbocycles. The molecule has 2 saturated heterocycles. The Morgan fingerprint density at radius 3 is 2.76 bits per heavy atom. The van der Waals surface area contributed by atoms with Gasteiger partial charge in [0.2, 0.25) is 5.95 Å². The molecular weight excluding hydrogens is 368 g/mol. The van der Waals surface area contributed by atoms with E-state index in [2.05, 4.69) is 20.3 Å². The van der Waals surface area contributed by atoms with E-state index in [1.165, 1.54) is 0 Å². The van der Waals surface area contributed by atoms with Crippen molar-refractivity contribution in [3.63, 3.8) is 0 Å². The molecule has 29 heavy (non-hydrogen) atoms. The van der Waals surface area contributed by atoms with Crippen LogP contribution in [0, 0.1) is 5.41 Å². The Labute approximate surface area is 168 Å². The van der Waals surface area contributed by atoms with Crippen LogP contribution in [0.5, 0.6) is 0 Å². The molecule has 1 spiro atoms. The van der Waals surface area contributed by atoms with Crippen molar-refractivity contribution in [3.05, 3.63) is 42.5 Å². The lowest BCUT2D eigenvalue weighted by atomic mass is 9.80. The largest absolute Gasteiger partial charge is 0.381 e. The van der Waals surface area contributed by atoms with Gasteiger partial charge >= 0.3 is 0 Å². The van der Waals surface area contributed by atoms with Gasteiger partial charge in [-0.1, -0.05) is 0 Å². The molecule has 0 unspecified atom stereocenters. The number of rotatable bonds is 3. The predicted octanol–water partition coefficient (Wildman–Crippen LogP) is 2.75. The first kappa shape index (κ1) is 18.1. The van der Waals surface area contributed by atoms with Crippen molar-refractivity contribution >= 4 is 28.6 Å². The van der Waals surface area contributed by atoms with Gasteiger partial charge in [0.1, 0.15) is 5.65 Å². The number of nitrogens with one attached hydrogen (secondary N) is 1. The Balaban J connectivity index is 1.29. The Morgan fingerprint density at radius 2 is 1.97 bits per heavy atom. The molecule has 150 valence electrons. The minimum absolute atomic E-state index is 0.00859. The number of fused-ring (bicyclic) bond motifs is 1. The summed E-state index contributed by atoms with van der Waals surface area (Å²) in [6, 6.07) is 3.90. The second kappa shape index (κ2) is 7.11. The van der Waals surface area contributed by atoms with Crippen LogP contribution in [0.2, 0.25) is 0 Å². The maximum atomic E-state index is 12.9. The number of aromatic nitrogens is 4. The smallest absolute Gasteiger partial charge is 0.257 e. The second-order valence-electron chi connectivity index (χ2n) is 8.04. The molecule has 0 atom stereocenters. The Kier molecular flexibility index (Phi) is 4.43. The highest BCUT2D eigenvalue weighted by Crippen LogP contribution is 2.40. The van der Waals surface area contributed by atoms with Crippen LogP contribution in [0.25, 0.3) is 11.0 Å². The van der Waals surface area contributed by atoms with Gasteiger partial charge in [-0.2, -0.15) is 0 Å². The average Bonchev–Trinajstić information content (AvgIpc) is 3.30. The van der Waals surface area contributed by atoms with Gasteiger partial charge in [-0.15, -0.1) is 0 Å². The molecule has 0 radical (unpaired) electrons. The lowest BCUT2D eigenvalue weighted by molar-refractivity contribution is 0.0191. The minimum atomic E-state index is 0.00859. The van der Waals surface area contributed by atoms with Gasteiger partial charge in [-0.05, 0) is 36.8 Å². The molecule has 0 bridgehead atoms. The van der Waals surface area contributed by atoms with E-state index in [1.54, 1.807) is 18.6 Å². The van der Waals surface area contributed by atoms with Crippen LogP contribution in [0.3, 0.4) is 0 Å². The maximum absolute atomic E-state index is 12.9. The van der Waals surface area contributed by atoms with Crippen LogP contribution in [0.1, 0.15) is 29.6 Å². The lowest BCUT2D eigenvalue weighted by Gasteiger charge is -2.33. The number of hydrogen-bond acceptors (Lipinski definition) is 6. The number of anilines is 2. The highest BCUT2D eigenvalue weighted by atomic mass is 16.5. The molecule has 3 aromatic heterocycles. The molecule has 5 heterocycles. The molecule has 2 aliphatic heterocycles. The first-order valence-corrected chi connectivity index (χ1v) is 10.00. The van der Waals surface area contributed by atoms with Crippen LogP contribution in [-0.2, 0) is 11.8 Å². The maximum Gasteiger partial charge on any atom is 0.257 e. The van der Waals surface area contributed by atoms with Crippen molar-refractivity contribution in [1.82, 2.24) is 24.4 Å². The summed E-state index contributed by atoms with van der Waals surface area (Å²) in [7, 11) is 1.95. The third-order valence-electron chi connectivity index (χ3n) is 6.16. The molecular formula is C21H24N6O2. The summed E-state index contributed by atoms with van der Waals surface area (Å²) >= 11 is 0. The number of aryl methyl sites for hydroxylation is 1. The van der Waals surface area contributed by atoms with E-state index < -0.39 is 0 Å². The van der Waals surface area contributed by atoms with Gasteiger partial charge < -0.3 is 19.5 Å². The standard InChI is InChI=1S/C21H24N6O2/c1-26-13-17(16-3-2-7-22-18(16)26)25-20-23-11-15(12-24-20)19(28)27-8-4-21(14-27)5-9-29-10-6-21/h2-3,7,11-13H,4-6,8-10,14H2,1H3,(H,23,24,25). The number of likely N-dealkylation sites (tertiary alicyclic amines) is 1. The zero-order valence-corrected chi connectivity index (χ0v) is 16.5. The van der Waals surface area contributed by atoms with E-state index in [-0.39, 0.29) is 11.3 Å². The number of carbonyl (C=O) groups is 1. The quantitative estimate of drug-likeness (QED) is 0.738. The van der Waals surface area contributed by atoms with Crippen LogP contribution in [0.15, 0.2) is 36.9 Å². The second-order valence-corrected chi connectivity index (χ2v) is 8.04. The van der Waals surface area contributed by atoms with Crippen molar-refractivity contribution in [2.45, 2.75) is 19.3 Å². The number of pyridine rings is 1. The van der Waals surface area contributed by atoms with E-state index in [4.69, 9.17) is 4.74 Å². The van der Waals surface area contributed by atoms with Crippen LogP contribution >= 0.6 is 0 Å². The Bertz CT molecular complexity index is 1040. The van der Waals surface area contributed by atoms with E-state index in [9.17, 15) is 4.79 Å². The molecule has 3 aromatic rings. The molecule has 2 aliphatic rings. The fourth-order valence-electron chi connectivity index (χ4n) is 4.44. The molecule has 5 rings (SSSR count). The van der Waals surface area contributed by atoms with Crippen LogP contribution < -0.4 is 5.32 Å². The summed E-state index contributed by atoms with van der Waals surface area (Å²) in [4.78, 5) is 28.0. The van der Waals surface area contributed by atoms with Gasteiger partial charge in [-0.3, -0.25) is 4.79 Å². The molecule has 1 amide bonds. The Hall–Kier alpha value is -3.00. The van der Waals surface area contributed by atoms with Crippen LogP contribution in [0.4, 0.5) is 11.6 Å². The molecule has 8 nitrogen and oxygen atoms in total. The SMILES string of the molecule is Cn1cc(Nc2ncc(C(=O)N3CCC4(CCOCC4)C3)cn2)c2cccnc21. The molecule has 1 N–H and O–H groups in total. The predicted molar refractivity (Wildman–Crippen MR) is 109 cm³/mol. The number of nitrogens with zero attached hydrogens (tertiary/aromatic N) is 5. The van der Waals surface area contributed by atoms with E-state index >= 15 is 0 Å². The first-order chi connectivity index (χ1) is 14.1. The highest BCUT2D eigenvalue weighted by molar-refractivity contribution is 5.94. The number of hydrogen-bond donors (Lipinski definition) is 1. The van der Waals surface area contributed by atoms with Crippen molar-refractivity contribution in [3.8, 4) is 0 Å². The summed E-state index contributed by atoms with van der Waals surface area (Å²) in [6.07, 6.45) is 10.1.